The Morgan fingerprint density at radius 2 is 1.65 bits per heavy atom. The highest BCUT2D eigenvalue weighted by atomic mass is 16.5. The summed E-state index contributed by atoms with van der Waals surface area (Å²) < 4.78 is 12.3. The summed E-state index contributed by atoms with van der Waals surface area (Å²) in [5.74, 6) is 2.10. The van der Waals surface area contributed by atoms with Crippen molar-refractivity contribution >= 4 is 11.7 Å². The van der Waals surface area contributed by atoms with Crippen molar-refractivity contribution in [3.05, 3.63) is 48.5 Å². The van der Waals surface area contributed by atoms with E-state index >= 15 is 0 Å². The Labute approximate surface area is 155 Å². The van der Waals surface area contributed by atoms with E-state index in [0.717, 1.165) is 24.3 Å². The van der Waals surface area contributed by atoms with E-state index in [1.165, 1.54) is 12.8 Å². The predicted molar refractivity (Wildman–Crippen MR) is 103 cm³/mol. The number of rotatable bonds is 5. The maximum Gasteiger partial charge on any atom is 0.323 e. The number of carbonyl (C=O) groups is 1. The summed E-state index contributed by atoms with van der Waals surface area (Å²) in [5, 5.41) is 0. The van der Waals surface area contributed by atoms with Gasteiger partial charge in [0.15, 0.2) is 11.5 Å². The lowest BCUT2D eigenvalue weighted by Crippen LogP contribution is -2.36. The molecule has 0 heterocycles. The molecule has 1 aliphatic carbocycles. The van der Waals surface area contributed by atoms with E-state index < -0.39 is 0 Å². The summed E-state index contributed by atoms with van der Waals surface area (Å²) in [6, 6.07) is 15.2. The van der Waals surface area contributed by atoms with E-state index in [-0.39, 0.29) is 12.1 Å². The molecule has 0 radical (unpaired) electrons. The van der Waals surface area contributed by atoms with Gasteiger partial charge in [0.05, 0.1) is 6.10 Å². The molecule has 0 spiro atoms. The SMILES string of the molecule is CN(C)C(=O)N(C)c1ccc(Oc2ccccc2)c(OC2CCCC2)c1. The number of amides is 2. The number of urea groups is 1. The first kappa shape index (κ1) is 18.1. The molecule has 0 saturated heterocycles. The van der Waals surface area contributed by atoms with Crippen molar-refractivity contribution in [2.75, 3.05) is 26.0 Å². The second-order valence-corrected chi connectivity index (χ2v) is 6.81. The van der Waals surface area contributed by atoms with Gasteiger partial charge in [0.1, 0.15) is 5.75 Å². The second-order valence-electron chi connectivity index (χ2n) is 6.81. The van der Waals surface area contributed by atoms with Crippen LogP contribution in [0.1, 0.15) is 25.7 Å². The molecular weight excluding hydrogens is 328 g/mol. The Bertz CT molecular complexity index is 740. The van der Waals surface area contributed by atoms with Crippen molar-refractivity contribution < 1.29 is 14.3 Å². The van der Waals surface area contributed by atoms with Gasteiger partial charge < -0.3 is 14.4 Å². The second kappa shape index (κ2) is 8.13. The summed E-state index contributed by atoms with van der Waals surface area (Å²) in [6.07, 6.45) is 4.71. The third-order valence-electron chi connectivity index (χ3n) is 4.55. The molecule has 2 aromatic carbocycles. The van der Waals surface area contributed by atoms with E-state index in [9.17, 15) is 4.79 Å². The van der Waals surface area contributed by atoms with Crippen LogP contribution < -0.4 is 14.4 Å². The summed E-state index contributed by atoms with van der Waals surface area (Å²) in [4.78, 5) is 15.4. The molecular formula is C21H26N2O3. The van der Waals surface area contributed by atoms with Gasteiger partial charge >= 0.3 is 6.03 Å². The number of ether oxygens (including phenoxy) is 2. The number of benzene rings is 2. The minimum Gasteiger partial charge on any atom is -0.486 e. The molecule has 5 heteroatoms. The van der Waals surface area contributed by atoms with E-state index in [1.807, 2.05) is 48.5 Å². The molecule has 1 saturated carbocycles. The first-order valence-electron chi connectivity index (χ1n) is 9.03. The molecule has 0 aliphatic heterocycles. The van der Waals surface area contributed by atoms with Gasteiger partial charge in [-0.05, 0) is 49.9 Å². The highest BCUT2D eigenvalue weighted by molar-refractivity contribution is 5.91. The van der Waals surface area contributed by atoms with Crippen LogP contribution in [0, 0.1) is 0 Å². The van der Waals surface area contributed by atoms with Crippen LogP contribution >= 0.6 is 0 Å². The number of nitrogens with zero attached hydrogens (tertiary/aromatic N) is 2. The fourth-order valence-corrected chi connectivity index (χ4v) is 3.09. The fourth-order valence-electron chi connectivity index (χ4n) is 3.09. The minimum atomic E-state index is -0.0893. The number of hydrogen-bond acceptors (Lipinski definition) is 3. The Hall–Kier alpha value is -2.69. The molecule has 2 aromatic rings. The third kappa shape index (κ3) is 4.28. The maximum atomic E-state index is 12.3. The van der Waals surface area contributed by atoms with Crippen LogP contribution in [-0.4, -0.2) is 38.2 Å². The Balaban J connectivity index is 1.88. The minimum absolute atomic E-state index is 0.0893. The zero-order valence-electron chi connectivity index (χ0n) is 15.6. The van der Waals surface area contributed by atoms with Gasteiger partial charge in [0, 0.05) is 32.9 Å². The van der Waals surface area contributed by atoms with Crippen LogP contribution in [0.4, 0.5) is 10.5 Å². The van der Waals surface area contributed by atoms with Crippen molar-refractivity contribution in [2.45, 2.75) is 31.8 Å². The number of para-hydroxylation sites is 1. The van der Waals surface area contributed by atoms with E-state index in [2.05, 4.69) is 0 Å². The normalized spacial score (nSPS) is 14.1. The Morgan fingerprint density at radius 3 is 2.31 bits per heavy atom. The zero-order chi connectivity index (χ0) is 18.5. The molecule has 1 aliphatic rings. The van der Waals surface area contributed by atoms with E-state index in [0.29, 0.717) is 11.5 Å². The monoisotopic (exact) mass is 354 g/mol. The van der Waals surface area contributed by atoms with Gasteiger partial charge in [-0.15, -0.1) is 0 Å². The van der Waals surface area contributed by atoms with E-state index in [4.69, 9.17) is 9.47 Å². The average Bonchev–Trinajstić information content (AvgIpc) is 3.15. The van der Waals surface area contributed by atoms with E-state index in [1.54, 1.807) is 30.9 Å². The van der Waals surface area contributed by atoms with Crippen molar-refractivity contribution in [2.24, 2.45) is 0 Å². The standard InChI is InChI=1S/C21H26N2O3/c1-22(2)21(24)23(3)16-13-14-19(25-17-9-5-4-6-10-17)20(15-16)26-18-11-7-8-12-18/h4-6,9-10,13-15,18H,7-8,11-12H2,1-3H3. The van der Waals surface area contributed by atoms with Gasteiger partial charge in [-0.1, -0.05) is 18.2 Å². The number of carbonyl (C=O) groups excluding carboxylic acids is 1. The van der Waals surface area contributed by atoms with Crippen LogP contribution in [0.5, 0.6) is 17.2 Å². The molecule has 0 N–H and O–H groups in total. The Morgan fingerprint density at radius 1 is 0.962 bits per heavy atom. The van der Waals surface area contributed by atoms with Crippen LogP contribution in [-0.2, 0) is 0 Å². The zero-order valence-corrected chi connectivity index (χ0v) is 15.6. The highest BCUT2D eigenvalue weighted by Crippen LogP contribution is 2.37. The summed E-state index contributed by atoms with van der Waals surface area (Å²) in [5.41, 5.74) is 0.775. The van der Waals surface area contributed by atoms with Crippen molar-refractivity contribution in [3.63, 3.8) is 0 Å². The number of anilines is 1. The summed E-state index contributed by atoms with van der Waals surface area (Å²) in [7, 11) is 5.23. The predicted octanol–water partition coefficient (Wildman–Crippen LogP) is 4.92. The molecule has 0 bridgehead atoms. The summed E-state index contributed by atoms with van der Waals surface area (Å²) >= 11 is 0. The molecule has 2 amide bonds. The van der Waals surface area contributed by atoms with Crippen molar-refractivity contribution in [1.29, 1.82) is 0 Å². The maximum absolute atomic E-state index is 12.3. The molecule has 138 valence electrons. The molecule has 0 unspecified atom stereocenters. The average molecular weight is 354 g/mol. The molecule has 0 atom stereocenters. The highest BCUT2D eigenvalue weighted by Gasteiger charge is 2.21. The third-order valence-corrected chi connectivity index (χ3v) is 4.55. The molecule has 1 fully saturated rings. The quantitative estimate of drug-likeness (QED) is 0.765. The largest absolute Gasteiger partial charge is 0.486 e. The topological polar surface area (TPSA) is 42.0 Å². The lowest BCUT2D eigenvalue weighted by Gasteiger charge is -2.24. The van der Waals surface area contributed by atoms with Crippen molar-refractivity contribution in [3.8, 4) is 17.2 Å². The first-order chi connectivity index (χ1) is 12.5. The smallest absolute Gasteiger partial charge is 0.323 e. The molecule has 26 heavy (non-hydrogen) atoms. The Kier molecular flexibility index (Phi) is 5.66. The lowest BCUT2D eigenvalue weighted by atomic mass is 10.2. The lowest BCUT2D eigenvalue weighted by molar-refractivity contribution is 0.203. The van der Waals surface area contributed by atoms with Gasteiger partial charge in [-0.25, -0.2) is 4.79 Å². The van der Waals surface area contributed by atoms with Crippen molar-refractivity contribution in [1.82, 2.24) is 4.90 Å². The molecule has 5 nitrogen and oxygen atoms in total. The van der Waals surface area contributed by atoms with Gasteiger partial charge in [-0.2, -0.15) is 0 Å². The van der Waals surface area contributed by atoms with Crippen LogP contribution in [0.3, 0.4) is 0 Å². The van der Waals surface area contributed by atoms with Crippen LogP contribution in [0.25, 0.3) is 0 Å². The molecule has 3 rings (SSSR count). The fraction of sp³-hybridized carbons (Fsp3) is 0.381. The van der Waals surface area contributed by atoms with Gasteiger partial charge in [0.2, 0.25) is 0 Å². The number of hydrogen-bond donors (Lipinski definition) is 0. The van der Waals surface area contributed by atoms with Gasteiger partial charge in [-0.3, -0.25) is 4.90 Å². The molecule has 0 aromatic heterocycles. The first-order valence-corrected chi connectivity index (χ1v) is 9.03. The van der Waals surface area contributed by atoms with Crippen LogP contribution in [0.2, 0.25) is 0 Å². The summed E-state index contributed by atoms with van der Waals surface area (Å²) in [6.45, 7) is 0. The van der Waals surface area contributed by atoms with Crippen LogP contribution in [0.15, 0.2) is 48.5 Å². The van der Waals surface area contributed by atoms with Gasteiger partial charge in [0.25, 0.3) is 0 Å².